The van der Waals surface area contributed by atoms with Crippen LogP contribution < -0.4 is 4.90 Å². The van der Waals surface area contributed by atoms with Gasteiger partial charge in [-0.25, -0.2) is 0 Å². The lowest BCUT2D eigenvalue weighted by Gasteiger charge is -2.44. The van der Waals surface area contributed by atoms with Crippen LogP contribution >= 0.6 is 0 Å². The second-order valence-electron chi connectivity index (χ2n) is 8.45. The average molecular weight is 402 g/mol. The van der Waals surface area contributed by atoms with E-state index in [0.29, 0.717) is 6.04 Å². The second kappa shape index (κ2) is 11.2. The van der Waals surface area contributed by atoms with Crippen LogP contribution in [-0.2, 0) is 0 Å². The third-order valence-electron chi connectivity index (χ3n) is 6.14. The largest absolute Gasteiger partial charge is 0.334 e. The van der Waals surface area contributed by atoms with E-state index in [1.807, 2.05) is 0 Å². The van der Waals surface area contributed by atoms with E-state index in [0.717, 1.165) is 6.42 Å². The van der Waals surface area contributed by atoms with Gasteiger partial charge in [-0.3, -0.25) is 0 Å². The minimum absolute atomic E-state index is 0.303. The summed E-state index contributed by atoms with van der Waals surface area (Å²) in [6.07, 6.45) is 9.47. The van der Waals surface area contributed by atoms with E-state index in [1.165, 1.54) is 56.2 Å². The first-order chi connectivity index (χ1) is 14.8. The van der Waals surface area contributed by atoms with Crippen LogP contribution in [0.3, 0.4) is 0 Å². The standard InChI is InChI=1S/C29H39N/c1-5-15-25-26(16-6-2)28(18-8-4)30(24-21-13-10-14-22-24)29(27(25)17-7-3)23-19-11-9-12-20-23/h9-14,19-22,29H,5-8,15-18H2,1-4H3. The van der Waals surface area contributed by atoms with Gasteiger partial charge in [-0.2, -0.15) is 0 Å². The van der Waals surface area contributed by atoms with Crippen molar-refractivity contribution in [2.45, 2.75) is 85.1 Å². The quantitative estimate of drug-likeness (QED) is 0.384. The molecular weight excluding hydrogens is 362 g/mol. The van der Waals surface area contributed by atoms with Gasteiger partial charge >= 0.3 is 0 Å². The number of rotatable bonds is 10. The van der Waals surface area contributed by atoms with Crippen LogP contribution in [0.25, 0.3) is 0 Å². The zero-order chi connectivity index (χ0) is 21.3. The Bertz CT molecular complexity index is 771. The molecule has 0 saturated heterocycles. The Morgan fingerprint density at radius 1 is 0.600 bits per heavy atom. The molecular formula is C29H39N. The number of hydrogen-bond donors (Lipinski definition) is 0. The number of anilines is 1. The molecule has 0 saturated carbocycles. The first-order valence-electron chi connectivity index (χ1n) is 12.1. The molecule has 0 bridgehead atoms. The maximum Gasteiger partial charge on any atom is 0.0807 e. The molecule has 160 valence electrons. The van der Waals surface area contributed by atoms with Crippen molar-refractivity contribution < 1.29 is 0 Å². The first-order valence-corrected chi connectivity index (χ1v) is 12.1. The van der Waals surface area contributed by atoms with E-state index in [-0.39, 0.29) is 0 Å². The van der Waals surface area contributed by atoms with E-state index in [4.69, 9.17) is 0 Å². The number of allylic oxidation sites excluding steroid dienone is 3. The monoisotopic (exact) mass is 401 g/mol. The molecule has 1 unspecified atom stereocenters. The van der Waals surface area contributed by atoms with Gasteiger partial charge < -0.3 is 4.90 Å². The van der Waals surface area contributed by atoms with Crippen LogP contribution in [0.15, 0.2) is 83.1 Å². The highest BCUT2D eigenvalue weighted by Crippen LogP contribution is 2.48. The SMILES string of the molecule is CCCC1=C(CCC)C(c2ccccc2)N(c2ccccc2)C(CCC)=C1CCC. The lowest BCUT2D eigenvalue weighted by Crippen LogP contribution is -2.35. The van der Waals surface area contributed by atoms with Gasteiger partial charge in [-0.1, -0.05) is 102 Å². The number of hydrogen-bond acceptors (Lipinski definition) is 1. The van der Waals surface area contributed by atoms with E-state index >= 15 is 0 Å². The Labute approximate surface area is 184 Å². The predicted octanol–water partition coefficient (Wildman–Crippen LogP) is 9.00. The molecule has 2 aromatic carbocycles. The van der Waals surface area contributed by atoms with Gasteiger partial charge in [0.1, 0.15) is 0 Å². The summed E-state index contributed by atoms with van der Waals surface area (Å²) in [7, 11) is 0. The van der Waals surface area contributed by atoms with Gasteiger partial charge in [0.15, 0.2) is 0 Å². The van der Waals surface area contributed by atoms with Crippen LogP contribution in [-0.4, -0.2) is 0 Å². The van der Waals surface area contributed by atoms with Gasteiger partial charge in [0.2, 0.25) is 0 Å². The van der Waals surface area contributed by atoms with E-state index < -0.39 is 0 Å². The van der Waals surface area contributed by atoms with Crippen LogP contribution in [0.4, 0.5) is 5.69 Å². The van der Waals surface area contributed by atoms with Crippen molar-refractivity contribution in [2.24, 2.45) is 0 Å². The van der Waals surface area contributed by atoms with Crippen LogP contribution in [0, 0.1) is 0 Å². The fourth-order valence-corrected chi connectivity index (χ4v) is 5.04. The summed E-state index contributed by atoms with van der Waals surface area (Å²) in [5, 5.41) is 0. The molecule has 1 aliphatic rings. The molecule has 1 nitrogen and oxygen atoms in total. The van der Waals surface area contributed by atoms with Crippen LogP contribution in [0.5, 0.6) is 0 Å². The molecule has 1 aliphatic heterocycles. The molecule has 1 atom stereocenters. The number of nitrogens with zero attached hydrogens (tertiary/aromatic N) is 1. The number of benzene rings is 2. The van der Waals surface area contributed by atoms with Gasteiger partial charge in [-0.05, 0) is 60.1 Å². The highest BCUT2D eigenvalue weighted by Gasteiger charge is 2.35. The average Bonchev–Trinajstić information content (AvgIpc) is 2.78. The summed E-state index contributed by atoms with van der Waals surface area (Å²) in [5.41, 5.74) is 9.27. The molecule has 0 aromatic heterocycles. The maximum atomic E-state index is 2.69. The Kier molecular flexibility index (Phi) is 8.37. The Morgan fingerprint density at radius 2 is 1.13 bits per heavy atom. The Hall–Kier alpha value is -2.28. The normalized spacial score (nSPS) is 17.1. The fourth-order valence-electron chi connectivity index (χ4n) is 5.04. The van der Waals surface area contributed by atoms with E-state index in [2.05, 4.69) is 93.3 Å². The molecule has 0 amide bonds. The number of para-hydroxylation sites is 1. The van der Waals surface area contributed by atoms with Crippen molar-refractivity contribution in [3.05, 3.63) is 88.6 Å². The molecule has 30 heavy (non-hydrogen) atoms. The fraction of sp³-hybridized carbons (Fsp3) is 0.448. The maximum absolute atomic E-state index is 2.69. The summed E-state index contributed by atoms with van der Waals surface area (Å²) in [6, 6.07) is 22.6. The molecule has 0 spiro atoms. The van der Waals surface area contributed by atoms with Crippen LogP contribution in [0.2, 0.25) is 0 Å². The molecule has 0 radical (unpaired) electrons. The summed E-state index contributed by atoms with van der Waals surface area (Å²) < 4.78 is 0. The van der Waals surface area contributed by atoms with Crippen molar-refractivity contribution in [1.29, 1.82) is 0 Å². The highest BCUT2D eigenvalue weighted by atomic mass is 15.2. The Balaban J connectivity index is 2.32. The predicted molar refractivity (Wildman–Crippen MR) is 132 cm³/mol. The zero-order valence-electron chi connectivity index (χ0n) is 19.5. The van der Waals surface area contributed by atoms with Gasteiger partial charge in [0.05, 0.1) is 6.04 Å². The second-order valence-corrected chi connectivity index (χ2v) is 8.45. The third-order valence-corrected chi connectivity index (χ3v) is 6.14. The minimum atomic E-state index is 0.303. The minimum Gasteiger partial charge on any atom is -0.334 e. The van der Waals surface area contributed by atoms with Crippen molar-refractivity contribution in [3.8, 4) is 0 Å². The van der Waals surface area contributed by atoms with Gasteiger partial charge in [0, 0.05) is 11.4 Å². The third kappa shape index (κ3) is 4.72. The molecule has 2 aromatic rings. The summed E-state index contributed by atoms with van der Waals surface area (Å²) in [5.74, 6) is 0. The molecule has 0 aliphatic carbocycles. The van der Waals surface area contributed by atoms with Crippen molar-refractivity contribution in [1.82, 2.24) is 0 Å². The summed E-state index contributed by atoms with van der Waals surface area (Å²) in [6.45, 7) is 9.31. The van der Waals surface area contributed by atoms with Crippen molar-refractivity contribution in [3.63, 3.8) is 0 Å². The van der Waals surface area contributed by atoms with Crippen LogP contribution in [0.1, 0.15) is 90.7 Å². The zero-order valence-corrected chi connectivity index (χ0v) is 19.5. The summed E-state index contributed by atoms with van der Waals surface area (Å²) in [4.78, 5) is 2.69. The first kappa shape index (κ1) is 22.4. The molecule has 1 heterocycles. The van der Waals surface area contributed by atoms with E-state index in [9.17, 15) is 0 Å². The van der Waals surface area contributed by atoms with Gasteiger partial charge in [0.25, 0.3) is 0 Å². The summed E-state index contributed by atoms with van der Waals surface area (Å²) >= 11 is 0. The lowest BCUT2D eigenvalue weighted by molar-refractivity contribution is 0.632. The van der Waals surface area contributed by atoms with Crippen molar-refractivity contribution in [2.75, 3.05) is 4.90 Å². The molecule has 0 fully saturated rings. The van der Waals surface area contributed by atoms with Gasteiger partial charge in [-0.15, -0.1) is 0 Å². The lowest BCUT2D eigenvalue weighted by atomic mass is 9.79. The highest BCUT2D eigenvalue weighted by molar-refractivity contribution is 5.64. The Morgan fingerprint density at radius 3 is 1.70 bits per heavy atom. The van der Waals surface area contributed by atoms with E-state index in [1.54, 1.807) is 22.4 Å². The van der Waals surface area contributed by atoms with Crippen molar-refractivity contribution >= 4 is 5.69 Å². The topological polar surface area (TPSA) is 3.24 Å². The molecule has 0 N–H and O–H groups in total. The molecule has 3 rings (SSSR count). The molecule has 1 heteroatoms. The smallest absolute Gasteiger partial charge is 0.0807 e.